The topological polar surface area (TPSA) is 55.1 Å². The molecule has 0 spiro atoms. The van der Waals surface area contributed by atoms with E-state index in [-0.39, 0.29) is 29.8 Å². The van der Waals surface area contributed by atoms with Crippen molar-refractivity contribution in [1.29, 1.82) is 0 Å². The first-order valence-electron chi connectivity index (χ1n) is 4.05. The summed E-state index contributed by atoms with van der Waals surface area (Å²) in [5.74, 6) is -3.03. The maximum Gasteiger partial charge on any atom is 0.357 e. The van der Waals surface area contributed by atoms with E-state index in [9.17, 15) is 13.6 Å². The Morgan fingerprint density at radius 3 is 2.62 bits per heavy atom. The van der Waals surface area contributed by atoms with Gasteiger partial charge in [-0.15, -0.1) is 0 Å². The number of hydrogen-bond donors (Lipinski definition) is 1. The van der Waals surface area contributed by atoms with Crippen molar-refractivity contribution in [3.8, 4) is 0 Å². The summed E-state index contributed by atoms with van der Waals surface area (Å²) in [6, 6.07) is 1.67. The van der Waals surface area contributed by atoms with Crippen LogP contribution in [0.2, 0.25) is 0 Å². The molecule has 0 fully saturated rings. The van der Waals surface area contributed by atoms with Gasteiger partial charge >= 0.3 is 5.97 Å². The Kier molecular flexibility index (Phi) is 3.36. The van der Waals surface area contributed by atoms with Crippen molar-refractivity contribution in [1.82, 2.24) is 9.78 Å². The van der Waals surface area contributed by atoms with Gasteiger partial charge in [0.1, 0.15) is 11.6 Å². The maximum absolute atomic E-state index is 13.3. The SMILES string of the molecule is Cn1nc(C(=O)O)c2c(F)cc(F)cc21.[Li]. The molecule has 16 heavy (non-hydrogen) atoms. The van der Waals surface area contributed by atoms with Crippen molar-refractivity contribution >= 4 is 35.7 Å². The molecule has 0 aliphatic carbocycles. The molecule has 2 rings (SSSR count). The first kappa shape index (κ1) is 12.7. The smallest absolute Gasteiger partial charge is 0.357 e. The molecule has 0 unspecified atom stereocenters. The Labute approximate surface area is 101 Å². The number of fused-ring (bicyclic) bond motifs is 1. The van der Waals surface area contributed by atoms with Gasteiger partial charge in [0.05, 0.1) is 10.9 Å². The van der Waals surface area contributed by atoms with Crippen LogP contribution in [0.1, 0.15) is 10.5 Å². The number of aryl methyl sites for hydroxylation is 1. The third-order valence-electron chi connectivity index (χ3n) is 2.07. The molecule has 0 aliphatic rings. The number of halogens is 2. The number of aromatic carboxylic acids is 1. The molecule has 0 atom stereocenters. The summed E-state index contributed by atoms with van der Waals surface area (Å²) in [4.78, 5) is 10.7. The zero-order valence-corrected chi connectivity index (χ0v) is 8.66. The molecule has 0 saturated carbocycles. The van der Waals surface area contributed by atoms with Crippen LogP contribution in [-0.2, 0) is 7.05 Å². The predicted octanol–water partition coefficient (Wildman–Crippen LogP) is 1.17. The van der Waals surface area contributed by atoms with Crippen molar-refractivity contribution < 1.29 is 18.7 Å². The summed E-state index contributed by atoms with van der Waals surface area (Å²) >= 11 is 0. The second-order valence-corrected chi connectivity index (χ2v) is 3.06. The molecule has 2 aromatic rings. The zero-order valence-electron chi connectivity index (χ0n) is 8.66. The molecule has 0 aliphatic heterocycles. The van der Waals surface area contributed by atoms with Gasteiger partial charge in [-0.2, -0.15) is 5.10 Å². The van der Waals surface area contributed by atoms with Crippen LogP contribution in [-0.4, -0.2) is 39.7 Å². The van der Waals surface area contributed by atoms with E-state index in [1.54, 1.807) is 0 Å². The van der Waals surface area contributed by atoms with E-state index in [1.165, 1.54) is 7.05 Å². The molecule has 0 amide bonds. The van der Waals surface area contributed by atoms with Gasteiger partial charge < -0.3 is 5.11 Å². The molecular formula is C9H6F2LiN2O2. The minimum absolute atomic E-state index is 0. The van der Waals surface area contributed by atoms with Crippen molar-refractivity contribution in [2.24, 2.45) is 7.05 Å². The summed E-state index contributed by atoms with van der Waals surface area (Å²) in [5, 5.41) is 12.2. The Hall–Kier alpha value is -1.38. The normalized spacial score (nSPS) is 10.2. The van der Waals surface area contributed by atoms with Crippen LogP contribution < -0.4 is 0 Å². The average Bonchev–Trinajstić information content (AvgIpc) is 2.44. The van der Waals surface area contributed by atoms with Gasteiger partial charge in [0, 0.05) is 32.0 Å². The average molecular weight is 219 g/mol. The van der Waals surface area contributed by atoms with Crippen LogP contribution in [0.5, 0.6) is 0 Å². The fourth-order valence-corrected chi connectivity index (χ4v) is 1.45. The number of benzene rings is 1. The van der Waals surface area contributed by atoms with E-state index in [0.717, 1.165) is 10.7 Å². The van der Waals surface area contributed by atoms with Gasteiger partial charge in [-0.1, -0.05) is 0 Å². The number of carboxylic acids is 1. The Balaban J connectivity index is 0.00000128. The maximum atomic E-state index is 13.3. The fourth-order valence-electron chi connectivity index (χ4n) is 1.45. The molecular weight excluding hydrogens is 213 g/mol. The summed E-state index contributed by atoms with van der Waals surface area (Å²) in [5.41, 5.74) is -0.296. The van der Waals surface area contributed by atoms with Gasteiger partial charge in [-0.3, -0.25) is 4.68 Å². The quantitative estimate of drug-likeness (QED) is 0.732. The van der Waals surface area contributed by atoms with Crippen LogP contribution in [0.4, 0.5) is 8.78 Å². The van der Waals surface area contributed by atoms with Crippen LogP contribution >= 0.6 is 0 Å². The van der Waals surface area contributed by atoms with E-state index < -0.39 is 23.3 Å². The van der Waals surface area contributed by atoms with Crippen LogP contribution in [0.15, 0.2) is 12.1 Å². The van der Waals surface area contributed by atoms with Crippen molar-refractivity contribution in [2.75, 3.05) is 0 Å². The molecule has 79 valence electrons. The summed E-state index contributed by atoms with van der Waals surface area (Å²) in [6.45, 7) is 0. The van der Waals surface area contributed by atoms with E-state index in [2.05, 4.69) is 5.10 Å². The minimum Gasteiger partial charge on any atom is -0.476 e. The summed E-state index contributed by atoms with van der Waals surface area (Å²) in [6.07, 6.45) is 0. The number of hydrogen-bond acceptors (Lipinski definition) is 2. The first-order chi connectivity index (χ1) is 7.00. The second-order valence-electron chi connectivity index (χ2n) is 3.06. The van der Waals surface area contributed by atoms with Crippen LogP contribution in [0.3, 0.4) is 0 Å². The third kappa shape index (κ3) is 1.82. The van der Waals surface area contributed by atoms with Crippen molar-refractivity contribution in [2.45, 2.75) is 0 Å². The largest absolute Gasteiger partial charge is 0.476 e. The molecule has 1 N–H and O–H groups in total. The fraction of sp³-hybridized carbons (Fsp3) is 0.111. The van der Waals surface area contributed by atoms with E-state index in [1.807, 2.05) is 0 Å². The van der Waals surface area contributed by atoms with E-state index in [0.29, 0.717) is 6.07 Å². The van der Waals surface area contributed by atoms with E-state index in [4.69, 9.17) is 5.11 Å². The number of aromatic nitrogens is 2. The number of carboxylic acid groups (broad SMARTS) is 1. The summed E-state index contributed by atoms with van der Waals surface area (Å²) < 4.78 is 27.3. The molecule has 1 heterocycles. The minimum atomic E-state index is -1.34. The number of nitrogens with zero attached hydrogens (tertiary/aromatic N) is 2. The molecule has 1 aromatic carbocycles. The zero-order chi connectivity index (χ0) is 11.2. The van der Waals surface area contributed by atoms with Gasteiger partial charge in [-0.25, -0.2) is 13.6 Å². The van der Waals surface area contributed by atoms with Gasteiger partial charge in [-0.05, 0) is 6.07 Å². The standard InChI is InChI=1S/C9H6F2N2O2.Li/c1-13-6-3-4(10)2-5(11)7(6)8(12-13)9(14)15;/h2-3H,1H3,(H,14,15);. The predicted molar refractivity (Wildman–Crippen MR) is 53.3 cm³/mol. The van der Waals surface area contributed by atoms with Crippen LogP contribution in [0, 0.1) is 11.6 Å². The van der Waals surface area contributed by atoms with Crippen LogP contribution in [0.25, 0.3) is 10.9 Å². The van der Waals surface area contributed by atoms with Gasteiger partial charge in [0.15, 0.2) is 5.69 Å². The van der Waals surface area contributed by atoms with E-state index >= 15 is 0 Å². The number of carbonyl (C=O) groups is 1. The Morgan fingerprint density at radius 2 is 2.06 bits per heavy atom. The molecule has 0 saturated heterocycles. The van der Waals surface area contributed by atoms with Gasteiger partial charge in [0.25, 0.3) is 0 Å². The molecule has 0 bridgehead atoms. The summed E-state index contributed by atoms with van der Waals surface area (Å²) in [7, 11) is 1.42. The monoisotopic (exact) mass is 219 g/mol. The second kappa shape index (κ2) is 4.24. The van der Waals surface area contributed by atoms with Gasteiger partial charge in [0.2, 0.25) is 0 Å². The van der Waals surface area contributed by atoms with Crippen molar-refractivity contribution in [3.63, 3.8) is 0 Å². The first-order valence-corrected chi connectivity index (χ1v) is 4.05. The molecule has 1 aromatic heterocycles. The molecule has 1 radical (unpaired) electrons. The molecule has 4 nitrogen and oxygen atoms in total. The Morgan fingerprint density at radius 1 is 1.44 bits per heavy atom. The molecule has 7 heteroatoms. The third-order valence-corrected chi connectivity index (χ3v) is 2.07. The Bertz CT molecular complexity index is 568. The number of rotatable bonds is 1. The van der Waals surface area contributed by atoms with Crippen molar-refractivity contribution in [3.05, 3.63) is 29.5 Å².